The lowest BCUT2D eigenvalue weighted by molar-refractivity contribution is -0.131. The molecular weight excluding hydrogens is 228 g/mol. The van der Waals surface area contributed by atoms with Gasteiger partial charge in [0.15, 0.2) is 0 Å². The van der Waals surface area contributed by atoms with Crippen molar-refractivity contribution in [1.29, 1.82) is 0 Å². The van der Waals surface area contributed by atoms with E-state index >= 15 is 0 Å². The zero-order chi connectivity index (χ0) is 13.5. The van der Waals surface area contributed by atoms with E-state index in [9.17, 15) is 4.79 Å². The molecule has 0 aromatic heterocycles. The van der Waals surface area contributed by atoms with Crippen molar-refractivity contribution in [3.05, 3.63) is 35.4 Å². The van der Waals surface area contributed by atoms with Gasteiger partial charge in [-0.1, -0.05) is 19.9 Å². The van der Waals surface area contributed by atoms with Crippen molar-refractivity contribution in [3.63, 3.8) is 0 Å². The van der Waals surface area contributed by atoms with Gasteiger partial charge in [-0.25, -0.2) is 4.79 Å². The standard InChI is InChI=1S/C15H20O3/c1-11(2)4-5-13-10-14(18-3)8-6-12(13)7-9-15(16)17/h6-11H,4-5H2,1-3H3,(H,16,17). The molecular formula is C15H20O3. The van der Waals surface area contributed by atoms with Crippen LogP contribution < -0.4 is 4.74 Å². The summed E-state index contributed by atoms with van der Waals surface area (Å²) >= 11 is 0. The van der Waals surface area contributed by atoms with Crippen LogP contribution in [0.1, 0.15) is 31.4 Å². The molecule has 0 heterocycles. The third-order valence-electron chi connectivity index (χ3n) is 2.75. The molecule has 1 aromatic carbocycles. The number of carboxylic acid groups (broad SMARTS) is 1. The lowest BCUT2D eigenvalue weighted by Gasteiger charge is -2.10. The summed E-state index contributed by atoms with van der Waals surface area (Å²) in [5.74, 6) is 0.495. The summed E-state index contributed by atoms with van der Waals surface area (Å²) in [5.41, 5.74) is 2.07. The van der Waals surface area contributed by atoms with E-state index in [2.05, 4.69) is 13.8 Å². The lowest BCUT2D eigenvalue weighted by atomic mass is 9.98. The number of carbonyl (C=O) groups is 1. The molecule has 0 aliphatic rings. The number of methoxy groups -OCH3 is 1. The predicted octanol–water partition coefficient (Wildman–Crippen LogP) is 3.38. The van der Waals surface area contributed by atoms with Crippen LogP contribution in [0.15, 0.2) is 24.3 Å². The Labute approximate surface area is 108 Å². The number of carboxylic acids is 1. The number of hydrogen-bond acceptors (Lipinski definition) is 2. The van der Waals surface area contributed by atoms with Crippen LogP contribution in [0, 0.1) is 5.92 Å². The topological polar surface area (TPSA) is 46.5 Å². The first-order chi connectivity index (χ1) is 8.52. The number of rotatable bonds is 6. The van der Waals surface area contributed by atoms with E-state index in [0.29, 0.717) is 5.92 Å². The first-order valence-corrected chi connectivity index (χ1v) is 6.11. The van der Waals surface area contributed by atoms with E-state index in [1.807, 2.05) is 18.2 Å². The molecule has 98 valence electrons. The Kier molecular flexibility index (Phi) is 5.43. The second-order valence-corrected chi connectivity index (χ2v) is 4.67. The molecule has 1 N–H and O–H groups in total. The van der Waals surface area contributed by atoms with Crippen LogP contribution in [0.2, 0.25) is 0 Å². The zero-order valence-electron chi connectivity index (χ0n) is 11.1. The van der Waals surface area contributed by atoms with Crippen LogP contribution >= 0.6 is 0 Å². The molecule has 0 spiro atoms. The van der Waals surface area contributed by atoms with Crippen LogP contribution in [0.3, 0.4) is 0 Å². The molecule has 0 atom stereocenters. The molecule has 1 rings (SSSR count). The van der Waals surface area contributed by atoms with E-state index < -0.39 is 5.97 Å². The van der Waals surface area contributed by atoms with Crippen molar-refractivity contribution in [2.45, 2.75) is 26.7 Å². The fourth-order valence-corrected chi connectivity index (χ4v) is 1.69. The summed E-state index contributed by atoms with van der Waals surface area (Å²) in [4.78, 5) is 10.6. The molecule has 3 nitrogen and oxygen atoms in total. The highest BCUT2D eigenvalue weighted by molar-refractivity contribution is 5.85. The number of aryl methyl sites for hydroxylation is 1. The van der Waals surface area contributed by atoms with Gasteiger partial charge in [0.05, 0.1) is 7.11 Å². The molecule has 0 bridgehead atoms. The van der Waals surface area contributed by atoms with Gasteiger partial charge in [0, 0.05) is 6.08 Å². The van der Waals surface area contributed by atoms with Crippen LogP contribution in [0.25, 0.3) is 6.08 Å². The third-order valence-corrected chi connectivity index (χ3v) is 2.75. The SMILES string of the molecule is COc1ccc(C=CC(=O)O)c(CCC(C)C)c1. The lowest BCUT2D eigenvalue weighted by Crippen LogP contribution is -1.96. The third kappa shape index (κ3) is 4.62. The van der Waals surface area contributed by atoms with Crippen molar-refractivity contribution in [2.75, 3.05) is 7.11 Å². The Morgan fingerprint density at radius 1 is 1.44 bits per heavy atom. The second kappa shape index (κ2) is 6.84. The Hall–Kier alpha value is -1.77. The van der Waals surface area contributed by atoms with Crippen LogP contribution in [0.5, 0.6) is 5.75 Å². The molecule has 18 heavy (non-hydrogen) atoms. The Bertz CT molecular complexity index is 433. The molecule has 0 saturated carbocycles. The number of hydrogen-bond donors (Lipinski definition) is 1. The molecule has 0 radical (unpaired) electrons. The van der Waals surface area contributed by atoms with Gasteiger partial charge in [-0.15, -0.1) is 0 Å². The first-order valence-electron chi connectivity index (χ1n) is 6.11. The number of benzene rings is 1. The molecule has 3 heteroatoms. The molecule has 0 fully saturated rings. The molecule has 0 aliphatic heterocycles. The largest absolute Gasteiger partial charge is 0.497 e. The van der Waals surface area contributed by atoms with Gasteiger partial charge in [0.2, 0.25) is 0 Å². The summed E-state index contributed by atoms with van der Waals surface area (Å²) in [6, 6.07) is 5.72. The second-order valence-electron chi connectivity index (χ2n) is 4.67. The van der Waals surface area contributed by atoms with Gasteiger partial charge in [-0.2, -0.15) is 0 Å². The van der Waals surface area contributed by atoms with E-state index in [0.717, 1.165) is 29.7 Å². The summed E-state index contributed by atoms with van der Waals surface area (Å²) in [6.45, 7) is 4.35. The van der Waals surface area contributed by atoms with Crippen molar-refractivity contribution in [1.82, 2.24) is 0 Å². The maximum absolute atomic E-state index is 10.6. The van der Waals surface area contributed by atoms with Crippen molar-refractivity contribution < 1.29 is 14.6 Å². The molecule has 0 aliphatic carbocycles. The minimum absolute atomic E-state index is 0.618. The molecule has 0 unspecified atom stereocenters. The van der Waals surface area contributed by atoms with E-state index in [1.54, 1.807) is 13.2 Å². The summed E-state index contributed by atoms with van der Waals surface area (Å²) in [6.07, 6.45) is 4.80. The zero-order valence-corrected chi connectivity index (χ0v) is 11.1. The predicted molar refractivity (Wildman–Crippen MR) is 72.8 cm³/mol. The highest BCUT2D eigenvalue weighted by Crippen LogP contribution is 2.21. The number of aliphatic carboxylic acids is 1. The van der Waals surface area contributed by atoms with Crippen LogP contribution in [0.4, 0.5) is 0 Å². The van der Waals surface area contributed by atoms with Gasteiger partial charge in [-0.05, 0) is 48.1 Å². The van der Waals surface area contributed by atoms with Crippen molar-refractivity contribution >= 4 is 12.0 Å². The monoisotopic (exact) mass is 248 g/mol. The summed E-state index contributed by atoms with van der Waals surface area (Å²) < 4.78 is 5.20. The Balaban J connectivity index is 2.96. The molecule has 1 aromatic rings. The minimum Gasteiger partial charge on any atom is -0.497 e. The average Bonchev–Trinajstić information content (AvgIpc) is 2.34. The van der Waals surface area contributed by atoms with Crippen molar-refractivity contribution in [2.24, 2.45) is 5.92 Å². The van der Waals surface area contributed by atoms with Gasteiger partial charge >= 0.3 is 5.97 Å². The highest BCUT2D eigenvalue weighted by atomic mass is 16.5. The normalized spacial score (nSPS) is 11.1. The van der Waals surface area contributed by atoms with Crippen LogP contribution in [-0.2, 0) is 11.2 Å². The fraction of sp³-hybridized carbons (Fsp3) is 0.400. The van der Waals surface area contributed by atoms with Gasteiger partial charge in [0.25, 0.3) is 0 Å². The quantitative estimate of drug-likeness (QED) is 0.785. The van der Waals surface area contributed by atoms with E-state index in [1.165, 1.54) is 6.08 Å². The van der Waals surface area contributed by atoms with Gasteiger partial charge < -0.3 is 9.84 Å². The number of ether oxygens (including phenoxy) is 1. The molecule has 0 amide bonds. The van der Waals surface area contributed by atoms with Gasteiger partial charge in [0.1, 0.15) is 5.75 Å². The van der Waals surface area contributed by atoms with E-state index in [-0.39, 0.29) is 0 Å². The van der Waals surface area contributed by atoms with E-state index in [4.69, 9.17) is 9.84 Å². The van der Waals surface area contributed by atoms with Crippen LogP contribution in [-0.4, -0.2) is 18.2 Å². The summed E-state index contributed by atoms with van der Waals surface area (Å²) in [7, 11) is 1.63. The Morgan fingerprint density at radius 3 is 2.72 bits per heavy atom. The smallest absolute Gasteiger partial charge is 0.328 e. The summed E-state index contributed by atoms with van der Waals surface area (Å²) in [5, 5.41) is 8.67. The minimum atomic E-state index is -0.930. The molecule has 0 saturated heterocycles. The average molecular weight is 248 g/mol. The van der Waals surface area contributed by atoms with Crippen molar-refractivity contribution in [3.8, 4) is 5.75 Å². The maximum atomic E-state index is 10.6. The fourth-order valence-electron chi connectivity index (χ4n) is 1.69. The van der Waals surface area contributed by atoms with Gasteiger partial charge in [-0.3, -0.25) is 0 Å². The maximum Gasteiger partial charge on any atom is 0.328 e. The Morgan fingerprint density at radius 2 is 2.17 bits per heavy atom. The first kappa shape index (κ1) is 14.3. The highest BCUT2D eigenvalue weighted by Gasteiger charge is 2.04.